The molecule has 0 saturated heterocycles. The van der Waals surface area contributed by atoms with Crippen molar-refractivity contribution in [3.8, 4) is 0 Å². The third-order valence-electron chi connectivity index (χ3n) is 3.03. The van der Waals surface area contributed by atoms with Crippen LogP contribution in [-0.2, 0) is 0 Å². The molecule has 0 radical (unpaired) electrons. The van der Waals surface area contributed by atoms with Crippen molar-refractivity contribution < 1.29 is 4.39 Å². The molecule has 0 bridgehead atoms. The molecule has 0 aliphatic heterocycles. The van der Waals surface area contributed by atoms with E-state index in [1.165, 1.54) is 32.1 Å². The maximum atomic E-state index is 12.7. The van der Waals surface area contributed by atoms with E-state index in [1.54, 1.807) is 12.2 Å². The number of nitrogens with one attached hydrogen (secondary N) is 1. The van der Waals surface area contributed by atoms with Crippen LogP contribution in [0.5, 0.6) is 0 Å². The Bertz CT molecular complexity index is 233. The van der Waals surface area contributed by atoms with Crippen LogP contribution < -0.4 is 5.32 Å². The molecule has 0 unspecified atom stereocenters. The van der Waals surface area contributed by atoms with Crippen molar-refractivity contribution in [3.63, 3.8) is 0 Å². The fraction of sp³-hybridized carbons (Fsp3) is 0.714. The molecule has 1 aliphatic carbocycles. The highest BCUT2D eigenvalue weighted by Crippen LogP contribution is 2.20. The molecular weight excluding hydrogens is 201 g/mol. The molecule has 0 aromatic heterocycles. The lowest BCUT2D eigenvalue weighted by molar-refractivity contribution is 0.516. The van der Waals surface area contributed by atoms with E-state index in [9.17, 15) is 4.39 Å². The van der Waals surface area contributed by atoms with E-state index in [1.807, 2.05) is 6.08 Å². The van der Waals surface area contributed by atoms with Crippen LogP contribution in [0.4, 0.5) is 4.39 Å². The maximum Gasteiger partial charge on any atom is 0.118 e. The molecule has 1 aliphatic rings. The fourth-order valence-corrected chi connectivity index (χ4v) is 1.97. The Kier molecular flexibility index (Phi) is 7.15. The Balaban J connectivity index is 1.90. The third kappa shape index (κ3) is 6.06. The van der Waals surface area contributed by atoms with Crippen molar-refractivity contribution >= 4 is 0 Å². The number of allylic oxidation sites excluding steroid dienone is 4. The van der Waals surface area contributed by atoms with Crippen molar-refractivity contribution in [1.29, 1.82) is 0 Å². The van der Waals surface area contributed by atoms with E-state index < -0.39 is 0 Å². The zero-order chi connectivity index (χ0) is 11.6. The van der Waals surface area contributed by atoms with Crippen LogP contribution >= 0.6 is 0 Å². The largest absolute Gasteiger partial charge is 0.317 e. The van der Waals surface area contributed by atoms with Gasteiger partial charge in [-0.1, -0.05) is 25.8 Å². The van der Waals surface area contributed by atoms with Gasteiger partial charge in [-0.25, -0.2) is 4.39 Å². The molecule has 1 rings (SSSR count). The normalized spacial score (nSPS) is 19.9. The average molecular weight is 225 g/mol. The smallest absolute Gasteiger partial charge is 0.118 e. The molecule has 0 fully saturated rings. The summed E-state index contributed by atoms with van der Waals surface area (Å²) >= 11 is 0. The Labute approximate surface area is 98.8 Å². The Morgan fingerprint density at radius 3 is 2.81 bits per heavy atom. The van der Waals surface area contributed by atoms with Crippen LogP contribution in [-0.4, -0.2) is 13.1 Å². The predicted molar refractivity (Wildman–Crippen MR) is 68.1 cm³/mol. The Hall–Kier alpha value is -0.630. The van der Waals surface area contributed by atoms with E-state index in [-0.39, 0.29) is 5.83 Å². The zero-order valence-electron chi connectivity index (χ0n) is 10.3. The molecule has 1 atom stereocenters. The molecule has 2 heteroatoms. The monoisotopic (exact) mass is 225 g/mol. The SMILES string of the molecule is CCCCCNCCC[C@@H]1C=CC(F)=CC1. The lowest BCUT2D eigenvalue weighted by Crippen LogP contribution is -2.17. The second kappa shape index (κ2) is 8.51. The number of hydrogen-bond acceptors (Lipinski definition) is 1. The highest BCUT2D eigenvalue weighted by atomic mass is 19.1. The highest BCUT2D eigenvalue weighted by Gasteiger charge is 2.07. The molecule has 1 nitrogen and oxygen atoms in total. The summed E-state index contributed by atoms with van der Waals surface area (Å²) in [5.41, 5.74) is 0. The van der Waals surface area contributed by atoms with Gasteiger partial charge in [0.2, 0.25) is 0 Å². The van der Waals surface area contributed by atoms with Gasteiger partial charge in [0, 0.05) is 0 Å². The fourth-order valence-electron chi connectivity index (χ4n) is 1.97. The Morgan fingerprint density at radius 2 is 2.12 bits per heavy atom. The molecule has 0 heterocycles. The zero-order valence-corrected chi connectivity index (χ0v) is 10.3. The lowest BCUT2D eigenvalue weighted by Gasteiger charge is -2.13. The van der Waals surface area contributed by atoms with Crippen LogP contribution in [0.15, 0.2) is 24.1 Å². The minimum Gasteiger partial charge on any atom is -0.317 e. The third-order valence-corrected chi connectivity index (χ3v) is 3.03. The quantitative estimate of drug-likeness (QED) is 0.616. The summed E-state index contributed by atoms with van der Waals surface area (Å²) in [6.45, 7) is 4.46. The summed E-state index contributed by atoms with van der Waals surface area (Å²) < 4.78 is 12.7. The maximum absolute atomic E-state index is 12.7. The summed E-state index contributed by atoms with van der Waals surface area (Å²) in [5.74, 6) is 0.478. The van der Waals surface area contributed by atoms with E-state index in [2.05, 4.69) is 12.2 Å². The average Bonchev–Trinajstić information content (AvgIpc) is 2.30. The second-order valence-electron chi connectivity index (χ2n) is 4.54. The van der Waals surface area contributed by atoms with Gasteiger partial charge in [0.25, 0.3) is 0 Å². The van der Waals surface area contributed by atoms with Gasteiger partial charge in [0.1, 0.15) is 5.83 Å². The van der Waals surface area contributed by atoms with E-state index in [0.29, 0.717) is 5.92 Å². The van der Waals surface area contributed by atoms with E-state index in [0.717, 1.165) is 19.5 Å². The van der Waals surface area contributed by atoms with Gasteiger partial charge in [-0.05, 0) is 56.8 Å². The van der Waals surface area contributed by atoms with Crippen LogP contribution in [0.1, 0.15) is 45.4 Å². The van der Waals surface area contributed by atoms with Crippen molar-refractivity contribution in [2.45, 2.75) is 45.4 Å². The summed E-state index contributed by atoms with van der Waals surface area (Å²) in [4.78, 5) is 0. The first-order valence-corrected chi connectivity index (χ1v) is 6.57. The van der Waals surface area contributed by atoms with Crippen molar-refractivity contribution in [2.75, 3.05) is 13.1 Å². The number of rotatable bonds is 8. The minimum atomic E-state index is -0.0751. The molecule has 92 valence electrons. The molecule has 1 N–H and O–H groups in total. The van der Waals surface area contributed by atoms with Crippen LogP contribution in [0, 0.1) is 5.92 Å². The summed E-state index contributed by atoms with van der Waals surface area (Å²) in [6.07, 6.45) is 12.4. The van der Waals surface area contributed by atoms with Crippen LogP contribution in [0.3, 0.4) is 0 Å². The standard InChI is InChI=1S/C14H24FN/c1-2-3-4-11-16-12-5-6-13-7-9-14(15)10-8-13/h7,9-10,13,16H,2-6,8,11-12H2,1H3/t13-/m1/s1. The molecule has 0 aromatic carbocycles. The second-order valence-corrected chi connectivity index (χ2v) is 4.54. The van der Waals surface area contributed by atoms with Gasteiger partial charge in [0.15, 0.2) is 0 Å². The van der Waals surface area contributed by atoms with Crippen molar-refractivity contribution in [3.05, 3.63) is 24.1 Å². The summed E-state index contributed by atoms with van der Waals surface area (Å²) in [6, 6.07) is 0. The molecule has 0 spiro atoms. The first-order valence-electron chi connectivity index (χ1n) is 6.57. The lowest BCUT2D eigenvalue weighted by atomic mass is 9.95. The van der Waals surface area contributed by atoms with Gasteiger partial charge < -0.3 is 5.32 Å². The van der Waals surface area contributed by atoms with Gasteiger partial charge in [0.05, 0.1) is 0 Å². The highest BCUT2D eigenvalue weighted by molar-refractivity contribution is 5.17. The Morgan fingerprint density at radius 1 is 1.31 bits per heavy atom. The number of hydrogen-bond donors (Lipinski definition) is 1. The number of unbranched alkanes of at least 4 members (excludes halogenated alkanes) is 2. The van der Waals surface area contributed by atoms with Gasteiger partial charge >= 0.3 is 0 Å². The van der Waals surface area contributed by atoms with E-state index >= 15 is 0 Å². The van der Waals surface area contributed by atoms with Crippen LogP contribution in [0.25, 0.3) is 0 Å². The van der Waals surface area contributed by atoms with Gasteiger partial charge in [-0.3, -0.25) is 0 Å². The summed E-state index contributed by atoms with van der Waals surface area (Å²) in [5, 5.41) is 3.45. The first-order chi connectivity index (χ1) is 7.83. The molecule has 0 saturated carbocycles. The van der Waals surface area contributed by atoms with Crippen molar-refractivity contribution in [2.24, 2.45) is 5.92 Å². The topological polar surface area (TPSA) is 12.0 Å². The van der Waals surface area contributed by atoms with Gasteiger partial charge in [-0.15, -0.1) is 0 Å². The molecule has 0 aromatic rings. The van der Waals surface area contributed by atoms with Crippen molar-refractivity contribution in [1.82, 2.24) is 5.32 Å². The molecule has 16 heavy (non-hydrogen) atoms. The molecular formula is C14H24FN. The van der Waals surface area contributed by atoms with E-state index in [4.69, 9.17) is 0 Å². The minimum absolute atomic E-state index is 0.0751. The summed E-state index contributed by atoms with van der Waals surface area (Å²) in [7, 11) is 0. The first kappa shape index (κ1) is 13.4. The predicted octanol–water partition coefficient (Wildman–Crippen LogP) is 3.98. The number of halogens is 1. The molecule has 0 amide bonds. The van der Waals surface area contributed by atoms with Crippen LogP contribution in [0.2, 0.25) is 0 Å². The van der Waals surface area contributed by atoms with Gasteiger partial charge in [-0.2, -0.15) is 0 Å².